The maximum Gasteiger partial charge on any atom is 0.163 e. The van der Waals surface area contributed by atoms with Crippen LogP contribution in [0.3, 0.4) is 0 Å². The van der Waals surface area contributed by atoms with Crippen molar-refractivity contribution in [1.82, 2.24) is 5.32 Å². The van der Waals surface area contributed by atoms with Crippen LogP contribution < -0.4 is 14.8 Å². The number of nitrogens with one attached hydrogen (secondary N) is 1. The molecule has 0 amide bonds. The fraction of sp³-hybridized carbons (Fsp3) is 0.588. The highest BCUT2D eigenvalue weighted by Gasteiger charge is 2.23. The summed E-state index contributed by atoms with van der Waals surface area (Å²) in [5.74, 6) is 0.525. The first-order valence-corrected chi connectivity index (χ1v) is 7.32. The Balaban J connectivity index is 2.90. The molecule has 0 aliphatic heterocycles. The number of nitriles is 1. The van der Waals surface area contributed by atoms with Gasteiger partial charge in [0.15, 0.2) is 11.5 Å². The van der Waals surface area contributed by atoms with Gasteiger partial charge in [-0.05, 0) is 40.2 Å². The van der Waals surface area contributed by atoms with E-state index in [9.17, 15) is 4.39 Å². The standard InChI is InChI=1S/C17H25FN2O2/c1-11(9-17(3,4)10-19)20-12(2)13-7-15(21-5)16(22-6)8-14(13)18/h7-8,11-12,20H,9H2,1-6H3/t11-,12+/m1/s1. The summed E-state index contributed by atoms with van der Waals surface area (Å²) in [6.45, 7) is 7.67. The molecule has 0 aromatic heterocycles. The summed E-state index contributed by atoms with van der Waals surface area (Å²) >= 11 is 0. The molecule has 2 atom stereocenters. The van der Waals surface area contributed by atoms with Crippen molar-refractivity contribution in [1.29, 1.82) is 5.26 Å². The van der Waals surface area contributed by atoms with Crippen molar-refractivity contribution in [3.05, 3.63) is 23.5 Å². The molecule has 0 saturated heterocycles. The van der Waals surface area contributed by atoms with E-state index in [0.29, 0.717) is 23.5 Å². The molecule has 1 rings (SSSR count). The lowest BCUT2D eigenvalue weighted by Crippen LogP contribution is -2.33. The third kappa shape index (κ3) is 4.60. The molecule has 0 bridgehead atoms. The van der Waals surface area contributed by atoms with Crippen LogP contribution in [0.1, 0.15) is 45.7 Å². The maximum absolute atomic E-state index is 14.2. The van der Waals surface area contributed by atoms with Gasteiger partial charge in [0, 0.05) is 23.7 Å². The first kappa shape index (κ1) is 18.2. The third-order valence-corrected chi connectivity index (χ3v) is 3.62. The quantitative estimate of drug-likeness (QED) is 0.832. The van der Waals surface area contributed by atoms with Crippen molar-refractivity contribution < 1.29 is 13.9 Å². The first-order valence-electron chi connectivity index (χ1n) is 7.32. The van der Waals surface area contributed by atoms with Crippen molar-refractivity contribution in [2.45, 2.75) is 46.2 Å². The van der Waals surface area contributed by atoms with E-state index in [2.05, 4.69) is 11.4 Å². The Hall–Kier alpha value is -1.80. The van der Waals surface area contributed by atoms with Crippen molar-refractivity contribution in [2.75, 3.05) is 14.2 Å². The average molecular weight is 308 g/mol. The van der Waals surface area contributed by atoms with Crippen LogP contribution >= 0.6 is 0 Å². The molecule has 0 unspecified atom stereocenters. The number of nitrogens with zero attached hydrogens (tertiary/aromatic N) is 1. The lowest BCUT2D eigenvalue weighted by molar-refractivity contribution is 0.339. The van der Waals surface area contributed by atoms with Crippen LogP contribution in [0.5, 0.6) is 11.5 Å². The normalized spacial score (nSPS) is 14.1. The second-order valence-electron chi connectivity index (χ2n) is 6.22. The summed E-state index contributed by atoms with van der Waals surface area (Å²) in [5.41, 5.74) is 0.0988. The van der Waals surface area contributed by atoms with E-state index in [4.69, 9.17) is 14.7 Å². The summed E-state index contributed by atoms with van der Waals surface area (Å²) < 4.78 is 24.5. The zero-order valence-corrected chi connectivity index (χ0v) is 14.2. The van der Waals surface area contributed by atoms with Crippen LogP contribution in [0.2, 0.25) is 0 Å². The van der Waals surface area contributed by atoms with E-state index in [1.165, 1.54) is 20.3 Å². The summed E-state index contributed by atoms with van der Waals surface area (Å²) in [6.07, 6.45) is 0.683. The van der Waals surface area contributed by atoms with Crippen molar-refractivity contribution in [3.63, 3.8) is 0 Å². The Morgan fingerprint density at radius 2 is 1.77 bits per heavy atom. The van der Waals surface area contributed by atoms with Gasteiger partial charge in [0.2, 0.25) is 0 Å². The molecule has 1 aromatic rings. The van der Waals surface area contributed by atoms with Gasteiger partial charge in [0.1, 0.15) is 5.82 Å². The SMILES string of the molecule is COc1cc(F)c([C@H](C)N[C@H](C)CC(C)(C)C#N)cc1OC. The minimum atomic E-state index is -0.414. The number of ether oxygens (including phenoxy) is 2. The number of methoxy groups -OCH3 is 2. The monoisotopic (exact) mass is 308 g/mol. The molecule has 122 valence electrons. The summed E-state index contributed by atoms with van der Waals surface area (Å²) in [7, 11) is 3.00. The van der Waals surface area contributed by atoms with Gasteiger partial charge in [-0.3, -0.25) is 0 Å². The highest BCUT2D eigenvalue weighted by atomic mass is 19.1. The van der Waals surface area contributed by atoms with Crippen LogP contribution in [0.4, 0.5) is 4.39 Å². The van der Waals surface area contributed by atoms with Gasteiger partial charge in [0.05, 0.1) is 25.7 Å². The minimum Gasteiger partial charge on any atom is -0.493 e. The zero-order chi connectivity index (χ0) is 16.9. The molecule has 1 aromatic carbocycles. The molecule has 4 nitrogen and oxygen atoms in total. The molecule has 0 radical (unpaired) electrons. The molecule has 5 heteroatoms. The number of hydrogen-bond donors (Lipinski definition) is 1. The molecule has 0 aliphatic rings. The van der Waals surface area contributed by atoms with Crippen LogP contribution in [-0.4, -0.2) is 20.3 Å². The van der Waals surface area contributed by atoms with Gasteiger partial charge in [-0.1, -0.05) is 0 Å². The second-order valence-corrected chi connectivity index (χ2v) is 6.22. The van der Waals surface area contributed by atoms with E-state index in [-0.39, 0.29) is 17.9 Å². The number of hydrogen-bond acceptors (Lipinski definition) is 4. The van der Waals surface area contributed by atoms with Crippen LogP contribution in [0.15, 0.2) is 12.1 Å². The largest absolute Gasteiger partial charge is 0.493 e. The van der Waals surface area contributed by atoms with E-state index in [1.807, 2.05) is 27.7 Å². The van der Waals surface area contributed by atoms with Crippen LogP contribution in [0.25, 0.3) is 0 Å². The fourth-order valence-corrected chi connectivity index (χ4v) is 2.59. The summed E-state index contributed by atoms with van der Waals surface area (Å²) in [4.78, 5) is 0. The van der Waals surface area contributed by atoms with Gasteiger partial charge in [0.25, 0.3) is 0 Å². The molecule has 1 N–H and O–H groups in total. The van der Waals surface area contributed by atoms with Gasteiger partial charge in [-0.15, -0.1) is 0 Å². The van der Waals surface area contributed by atoms with Crippen LogP contribution in [-0.2, 0) is 0 Å². The van der Waals surface area contributed by atoms with Gasteiger partial charge in [-0.25, -0.2) is 4.39 Å². The van der Waals surface area contributed by atoms with Crippen molar-refractivity contribution in [2.24, 2.45) is 5.41 Å². The summed E-state index contributed by atoms with van der Waals surface area (Å²) in [6, 6.07) is 5.13. The van der Waals surface area contributed by atoms with Crippen molar-refractivity contribution in [3.8, 4) is 17.6 Å². The Kier molecular flexibility index (Phi) is 6.19. The van der Waals surface area contributed by atoms with Gasteiger partial charge < -0.3 is 14.8 Å². The molecule has 0 saturated carbocycles. The Morgan fingerprint density at radius 3 is 2.27 bits per heavy atom. The van der Waals surface area contributed by atoms with E-state index >= 15 is 0 Å². The number of rotatable bonds is 7. The molecular weight excluding hydrogens is 283 g/mol. The molecule has 0 fully saturated rings. The Morgan fingerprint density at radius 1 is 1.23 bits per heavy atom. The minimum absolute atomic E-state index is 0.0807. The van der Waals surface area contributed by atoms with Gasteiger partial charge >= 0.3 is 0 Å². The molecular formula is C17H25FN2O2. The Bertz CT molecular complexity index is 552. The fourth-order valence-electron chi connectivity index (χ4n) is 2.59. The first-order chi connectivity index (χ1) is 10.2. The van der Waals surface area contributed by atoms with Gasteiger partial charge in [-0.2, -0.15) is 5.26 Å². The topological polar surface area (TPSA) is 54.3 Å². The van der Waals surface area contributed by atoms with Crippen molar-refractivity contribution >= 4 is 0 Å². The second kappa shape index (κ2) is 7.46. The summed E-state index contributed by atoms with van der Waals surface area (Å²) in [5, 5.41) is 12.4. The predicted octanol–water partition coefficient (Wildman–Crippen LogP) is 3.82. The molecule has 0 spiro atoms. The highest BCUT2D eigenvalue weighted by Crippen LogP contribution is 2.33. The number of halogens is 1. The maximum atomic E-state index is 14.2. The Labute approximate surface area is 132 Å². The zero-order valence-electron chi connectivity index (χ0n) is 14.2. The lowest BCUT2D eigenvalue weighted by Gasteiger charge is -2.26. The number of benzene rings is 1. The third-order valence-electron chi connectivity index (χ3n) is 3.62. The molecule has 0 heterocycles. The smallest absolute Gasteiger partial charge is 0.163 e. The lowest BCUT2D eigenvalue weighted by atomic mass is 9.87. The van der Waals surface area contributed by atoms with E-state index in [1.54, 1.807) is 6.07 Å². The van der Waals surface area contributed by atoms with E-state index < -0.39 is 5.41 Å². The average Bonchev–Trinajstić information content (AvgIpc) is 2.45. The molecule has 22 heavy (non-hydrogen) atoms. The van der Waals surface area contributed by atoms with E-state index in [0.717, 1.165) is 0 Å². The molecule has 0 aliphatic carbocycles. The highest BCUT2D eigenvalue weighted by molar-refractivity contribution is 5.44. The predicted molar refractivity (Wildman–Crippen MR) is 84.5 cm³/mol. The van der Waals surface area contributed by atoms with Crippen LogP contribution in [0, 0.1) is 22.6 Å².